The summed E-state index contributed by atoms with van der Waals surface area (Å²) in [6.45, 7) is 4.33. The van der Waals surface area contributed by atoms with Gasteiger partial charge in [-0.3, -0.25) is 24.2 Å². The van der Waals surface area contributed by atoms with E-state index in [0.717, 1.165) is 29.9 Å². The van der Waals surface area contributed by atoms with Gasteiger partial charge in [0.1, 0.15) is 5.82 Å². The molecule has 0 unspecified atom stereocenters. The van der Waals surface area contributed by atoms with Gasteiger partial charge in [-0.15, -0.1) is 0 Å². The second-order valence-electron chi connectivity index (χ2n) is 8.31. The molecule has 4 heterocycles. The molecule has 3 aromatic rings. The number of fused-ring (bicyclic) bond motifs is 1. The maximum absolute atomic E-state index is 12.5. The van der Waals surface area contributed by atoms with E-state index in [-0.39, 0.29) is 35.9 Å². The number of aliphatic hydroxyl groups is 1. The molecule has 3 atom stereocenters. The van der Waals surface area contributed by atoms with Crippen LogP contribution in [0.2, 0.25) is 0 Å². The topological polar surface area (TPSA) is 126 Å². The number of aliphatic hydroxyl groups excluding tert-OH is 1. The molecule has 1 aliphatic carbocycles. The average molecular weight is 433 g/mol. The first-order valence-electron chi connectivity index (χ1n) is 10.5. The van der Waals surface area contributed by atoms with Gasteiger partial charge in [-0.2, -0.15) is 5.10 Å². The van der Waals surface area contributed by atoms with Gasteiger partial charge in [0.05, 0.1) is 30.2 Å². The number of hydrogen-bond donors (Lipinski definition) is 2. The second kappa shape index (κ2) is 7.79. The minimum atomic E-state index is -0.468. The highest BCUT2D eigenvalue weighted by molar-refractivity contribution is 6.03. The largest absolute Gasteiger partial charge is 0.390 e. The van der Waals surface area contributed by atoms with E-state index in [2.05, 4.69) is 25.4 Å². The summed E-state index contributed by atoms with van der Waals surface area (Å²) in [4.78, 5) is 39.2. The number of rotatable bonds is 6. The molecule has 2 aliphatic rings. The van der Waals surface area contributed by atoms with Crippen molar-refractivity contribution in [2.45, 2.75) is 32.9 Å². The van der Waals surface area contributed by atoms with E-state index < -0.39 is 5.91 Å². The lowest BCUT2D eigenvalue weighted by Gasteiger charge is -2.21. The number of carbonyl (C=O) groups is 2. The molecule has 2 amide bonds. The minimum Gasteiger partial charge on any atom is -0.390 e. The maximum Gasteiger partial charge on any atom is 0.276 e. The molecule has 32 heavy (non-hydrogen) atoms. The van der Waals surface area contributed by atoms with Gasteiger partial charge >= 0.3 is 0 Å². The van der Waals surface area contributed by atoms with Crippen molar-refractivity contribution in [1.82, 2.24) is 24.7 Å². The summed E-state index contributed by atoms with van der Waals surface area (Å²) in [6, 6.07) is 1.89. The normalized spacial score (nSPS) is 20.2. The van der Waals surface area contributed by atoms with Crippen molar-refractivity contribution in [1.29, 1.82) is 0 Å². The molecule has 2 N–H and O–H groups in total. The quantitative estimate of drug-likeness (QED) is 0.606. The van der Waals surface area contributed by atoms with Crippen LogP contribution >= 0.6 is 0 Å². The van der Waals surface area contributed by atoms with Crippen LogP contribution in [0, 0.1) is 18.8 Å². The molecule has 0 spiro atoms. The highest BCUT2D eigenvalue weighted by Crippen LogP contribution is 2.47. The van der Waals surface area contributed by atoms with Gasteiger partial charge in [-0.25, -0.2) is 9.97 Å². The van der Waals surface area contributed by atoms with Crippen molar-refractivity contribution in [3.63, 3.8) is 0 Å². The number of pyridine rings is 1. The van der Waals surface area contributed by atoms with Crippen molar-refractivity contribution >= 4 is 23.3 Å². The summed E-state index contributed by atoms with van der Waals surface area (Å²) in [6.07, 6.45) is 8.88. The number of nitrogens with zero attached hydrogens (tertiary/aromatic N) is 6. The Hall–Kier alpha value is -3.66. The molecule has 1 aliphatic heterocycles. The van der Waals surface area contributed by atoms with Crippen LogP contribution in [0.15, 0.2) is 37.1 Å². The highest BCUT2D eigenvalue weighted by Gasteiger charge is 2.53. The monoisotopic (exact) mass is 433 g/mol. The first kappa shape index (κ1) is 20.3. The van der Waals surface area contributed by atoms with Crippen LogP contribution in [-0.2, 0) is 11.4 Å². The molecule has 164 valence electrons. The third kappa shape index (κ3) is 3.52. The van der Waals surface area contributed by atoms with Gasteiger partial charge in [0.15, 0.2) is 5.69 Å². The first-order chi connectivity index (χ1) is 15.5. The summed E-state index contributed by atoms with van der Waals surface area (Å²) in [7, 11) is 0. The number of aryl methyl sites for hydroxylation is 1. The van der Waals surface area contributed by atoms with Crippen molar-refractivity contribution in [3.8, 4) is 0 Å². The van der Waals surface area contributed by atoms with E-state index in [1.54, 1.807) is 28.2 Å². The van der Waals surface area contributed by atoms with Crippen molar-refractivity contribution < 1.29 is 14.7 Å². The summed E-state index contributed by atoms with van der Waals surface area (Å²) >= 11 is 0. The third-order valence-corrected chi connectivity index (χ3v) is 6.13. The van der Waals surface area contributed by atoms with Crippen molar-refractivity contribution in [2.75, 3.05) is 16.8 Å². The average Bonchev–Trinajstić information content (AvgIpc) is 3.30. The standard InChI is InChI=1S/C22H23N7O3/c1-12-5-14(7-25-20(12)28-9-15-6-17(15)22(28)32)13(2)29-10-16(8-26-29)27-21(31)19-18(11-30)23-3-4-24-19/h3-5,7-8,10,13,15,17,30H,6,9,11H2,1-2H3,(H,27,31)/t13-,15+,17+/m0/s1. The third-order valence-electron chi connectivity index (χ3n) is 6.13. The molecule has 5 rings (SSSR count). The van der Waals surface area contributed by atoms with Gasteiger partial charge in [0.25, 0.3) is 5.91 Å². The van der Waals surface area contributed by atoms with E-state index in [0.29, 0.717) is 11.6 Å². The molecule has 0 radical (unpaired) electrons. The number of hydrogen-bond acceptors (Lipinski definition) is 7. The number of amides is 2. The van der Waals surface area contributed by atoms with Gasteiger partial charge < -0.3 is 10.4 Å². The lowest BCUT2D eigenvalue weighted by Crippen LogP contribution is -2.29. The summed E-state index contributed by atoms with van der Waals surface area (Å²) in [5.41, 5.74) is 2.67. The van der Waals surface area contributed by atoms with Gasteiger partial charge in [-0.1, -0.05) is 0 Å². The Kier molecular flexibility index (Phi) is 4.93. The van der Waals surface area contributed by atoms with Crippen LogP contribution in [0.4, 0.5) is 11.5 Å². The summed E-state index contributed by atoms with van der Waals surface area (Å²) < 4.78 is 1.73. The van der Waals surface area contributed by atoms with E-state index in [4.69, 9.17) is 0 Å². The van der Waals surface area contributed by atoms with Gasteiger partial charge in [0.2, 0.25) is 5.91 Å². The Balaban J connectivity index is 1.30. The van der Waals surface area contributed by atoms with Crippen LogP contribution < -0.4 is 10.2 Å². The molecule has 3 aromatic heterocycles. The summed E-state index contributed by atoms with van der Waals surface area (Å²) in [5, 5.41) is 16.4. The molecular weight excluding hydrogens is 410 g/mol. The zero-order valence-electron chi connectivity index (χ0n) is 17.8. The molecular formula is C22H23N7O3. The predicted molar refractivity (Wildman–Crippen MR) is 115 cm³/mol. The number of piperidine rings is 1. The molecule has 1 saturated carbocycles. The van der Waals surface area contributed by atoms with Crippen molar-refractivity contribution in [2.24, 2.45) is 11.8 Å². The zero-order chi connectivity index (χ0) is 22.4. The van der Waals surface area contributed by atoms with E-state index in [9.17, 15) is 14.7 Å². The lowest BCUT2D eigenvalue weighted by atomic mass is 10.1. The first-order valence-corrected chi connectivity index (χ1v) is 10.5. The Morgan fingerprint density at radius 2 is 2.09 bits per heavy atom. The molecule has 0 aromatic carbocycles. The highest BCUT2D eigenvalue weighted by atomic mass is 16.3. The fourth-order valence-corrected chi connectivity index (χ4v) is 4.20. The number of carbonyl (C=O) groups excluding carboxylic acids is 2. The van der Waals surface area contributed by atoms with Crippen LogP contribution in [0.5, 0.6) is 0 Å². The number of nitrogens with one attached hydrogen (secondary N) is 1. The van der Waals surface area contributed by atoms with Crippen LogP contribution in [0.3, 0.4) is 0 Å². The fraction of sp³-hybridized carbons (Fsp3) is 0.364. The number of anilines is 2. The SMILES string of the molecule is Cc1cc([C@H](C)n2cc(NC(=O)c3nccnc3CO)cn2)cnc1N1C[C@H]2C[C@H]2C1=O. The Morgan fingerprint density at radius 1 is 1.28 bits per heavy atom. The van der Waals surface area contributed by atoms with Gasteiger partial charge in [0, 0.05) is 37.3 Å². The molecule has 10 heteroatoms. The smallest absolute Gasteiger partial charge is 0.276 e. The number of aromatic nitrogens is 5. The molecule has 1 saturated heterocycles. The van der Waals surface area contributed by atoms with Crippen molar-refractivity contribution in [3.05, 3.63) is 59.6 Å². The summed E-state index contributed by atoms with van der Waals surface area (Å²) in [5.74, 6) is 1.14. The Bertz CT molecular complexity index is 1210. The lowest BCUT2D eigenvalue weighted by molar-refractivity contribution is -0.118. The predicted octanol–water partition coefficient (Wildman–Crippen LogP) is 1.71. The van der Waals surface area contributed by atoms with E-state index in [1.807, 2.05) is 19.9 Å². The Morgan fingerprint density at radius 3 is 2.81 bits per heavy atom. The fourth-order valence-electron chi connectivity index (χ4n) is 4.20. The molecule has 10 nitrogen and oxygen atoms in total. The molecule has 2 fully saturated rings. The van der Waals surface area contributed by atoms with Crippen LogP contribution in [-0.4, -0.2) is 48.2 Å². The minimum absolute atomic E-state index is 0.0697. The maximum atomic E-state index is 12.5. The molecule has 0 bridgehead atoms. The second-order valence-corrected chi connectivity index (χ2v) is 8.31. The van der Waals surface area contributed by atoms with E-state index >= 15 is 0 Å². The van der Waals surface area contributed by atoms with E-state index in [1.165, 1.54) is 12.4 Å². The van der Waals surface area contributed by atoms with Gasteiger partial charge in [-0.05, 0) is 43.4 Å². The Labute approximate surface area is 184 Å². The zero-order valence-corrected chi connectivity index (χ0v) is 17.8. The van der Waals surface area contributed by atoms with Crippen LogP contribution in [0.1, 0.15) is 46.7 Å². The van der Waals surface area contributed by atoms with Crippen LogP contribution in [0.25, 0.3) is 0 Å².